The first-order valence-electron chi connectivity index (χ1n) is 10.2. The summed E-state index contributed by atoms with van der Waals surface area (Å²) in [5, 5.41) is 0. The van der Waals surface area contributed by atoms with E-state index in [0.29, 0.717) is 12.7 Å². The van der Waals surface area contributed by atoms with Crippen molar-refractivity contribution >= 4 is 12.2 Å². The van der Waals surface area contributed by atoms with Crippen LogP contribution in [0.3, 0.4) is 0 Å². The van der Waals surface area contributed by atoms with Gasteiger partial charge in [0.2, 0.25) is 0 Å². The summed E-state index contributed by atoms with van der Waals surface area (Å²) in [6.07, 6.45) is 10.0. The molecule has 1 aliphatic heterocycles. The van der Waals surface area contributed by atoms with Crippen LogP contribution in [-0.2, 0) is 4.74 Å². The molecule has 2 aromatic carbocycles. The highest BCUT2D eigenvalue weighted by atomic mass is 19.1. The highest BCUT2D eigenvalue weighted by Gasteiger charge is 2.25. The summed E-state index contributed by atoms with van der Waals surface area (Å²) in [4.78, 5) is 0. The number of hydrogen-bond donors (Lipinski definition) is 0. The van der Waals surface area contributed by atoms with Gasteiger partial charge in [-0.05, 0) is 55.4 Å². The van der Waals surface area contributed by atoms with Crippen molar-refractivity contribution in [3.05, 3.63) is 70.0 Å². The molecule has 1 heterocycles. The summed E-state index contributed by atoms with van der Waals surface area (Å²) in [5.74, 6) is 0.110. The molecule has 1 fully saturated rings. The Morgan fingerprint density at radius 3 is 2.48 bits per heavy atom. The van der Waals surface area contributed by atoms with Crippen molar-refractivity contribution in [1.29, 1.82) is 0 Å². The molecule has 0 N–H and O–H groups in total. The lowest BCUT2D eigenvalue weighted by molar-refractivity contribution is -0.00251. The lowest BCUT2D eigenvalue weighted by atomic mass is 9.88. The predicted octanol–water partition coefficient (Wildman–Crippen LogP) is 7.07. The molecule has 0 aliphatic carbocycles. The monoisotopic (exact) mass is 366 g/mol. The van der Waals surface area contributed by atoms with Crippen LogP contribution in [0.25, 0.3) is 12.2 Å². The molecule has 27 heavy (non-hydrogen) atoms. The number of ether oxygens (including phenoxy) is 1. The van der Waals surface area contributed by atoms with Gasteiger partial charge in [-0.2, -0.15) is 0 Å². The molecule has 0 amide bonds. The Kier molecular flexibility index (Phi) is 6.84. The van der Waals surface area contributed by atoms with Crippen LogP contribution in [-0.4, -0.2) is 12.7 Å². The lowest BCUT2D eigenvalue weighted by Gasteiger charge is -2.30. The van der Waals surface area contributed by atoms with Gasteiger partial charge in [-0.3, -0.25) is 0 Å². The van der Waals surface area contributed by atoms with Crippen molar-refractivity contribution in [3.63, 3.8) is 0 Å². The predicted molar refractivity (Wildman–Crippen MR) is 112 cm³/mol. The van der Waals surface area contributed by atoms with E-state index in [2.05, 4.69) is 38.1 Å². The van der Waals surface area contributed by atoms with Gasteiger partial charge < -0.3 is 4.74 Å². The van der Waals surface area contributed by atoms with Crippen LogP contribution in [0.15, 0.2) is 36.4 Å². The minimum atomic E-state index is -0.0679. The third-order valence-corrected chi connectivity index (χ3v) is 5.68. The van der Waals surface area contributed by atoms with E-state index in [0.717, 1.165) is 41.5 Å². The highest BCUT2D eigenvalue weighted by molar-refractivity contribution is 5.71. The molecule has 2 atom stereocenters. The van der Waals surface area contributed by atoms with E-state index in [1.54, 1.807) is 0 Å². The molecule has 0 radical (unpaired) electrons. The number of unbranched alkanes of at least 4 members (excludes halogenated alkanes) is 1. The van der Waals surface area contributed by atoms with Gasteiger partial charge in [0.15, 0.2) is 0 Å². The molecule has 3 rings (SSSR count). The number of halogens is 1. The molecule has 2 heteroatoms. The van der Waals surface area contributed by atoms with Crippen molar-refractivity contribution in [2.24, 2.45) is 0 Å². The second kappa shape index (κ2) is 9.32. The van der Waals surface area contributed by atoms with E-state index in [9.17, 15) is 0 Å². The van der Waals surface area contributed by atoms with Crippen LogP contribution < -0.4 is 0 Å². The molecule has 2 unspecified atom stereocenters. The maximum absolute atomic E-state index is 15.0. The van der Waals surface area contributed by atoms with Gasteiger partial charge in [-0.15, -0.1) is 0 Å². The van der Waals surface area contributed by atoms with Crippen molar-refractivity contribution in [1.82, 2.24) is 0 Å². The fraction of sp³-hybridized carbons (Fsp3) is 0.440. The summed E-state index contributed by atoms with van der Waals surface area (Å²) in [6, 6.07) is 12.3. The maximum atomic E-state index is 15.0. The molecule has 0 bridgehead atoms. The molecule has 0 spiro atoms. The molecule has 0 aromatic heterocycles. The Morgan fingerprint density at radius 1 is 1.04 bits per heavy atom. The van der Waals surface area contributed by atoms with Gasteiger partial charge in [0, 0.05) is 5.92 Å². The summed E-state index contributed by atoms with van der Waals surface area (Å²) in [6.45, 7) is 6.80. The normalized spacial score (nSPS) is 20.3. The molecule has 1 saturated heterocycles. The molecule has 2 aromatic rings. The number of hydrogen-bond acceptors (Lipinski definition) is 1. The van der Waals surface area contributed by atoms with Crippen LogP contribution >= 0.6 is 0 Å². The Balaban J connectivity index is 1.69. The molecular formula is C25H31FO. The second-order valence-electron chi connectivity index (χ2n) is 7.80. The molecule has 0 saturated carbocycles. The quantitative estimate of drug-likeness (QED) is 0.497. The molecule has 1 nitrogen and oxygen atoms in total. The van der Waals surface area contributed by atoms with Crippen LogP contribution in [0.4, 0.5) is 4.39 Å². The minimum absolute atomic E-state index is 0.0679. The lowest BCUT2D eigenvalue weighted by Crippen LogP contribution is -2.25. The van der Waals surface area contributed by atoms with E-state index in [-0.39, 0.29) is 11.7 Å². The minimum Gasteiger partial charge on any atom is -0.378 e. The zero-order valence-corrected chi connectivity index (χ0v) is 16.8. The van der Waals surface area contributed by atoms with E-state index < -0.39 is 0 Å². The summed E-state index contributed by atoms with van der Waals surface area (Å²) in [7, 11) is 0. The Bertz CT molecular complexity index is 768. The summed E-state index contributed by atoms with van der Waals surface area (Å²) >= 11 is 0. The van der Waals surface area contributed by atoms with E-state index >= 15 is 4.39 Å². The van der Waals surface area contributed by atoms with Crippen LogP contribution in [0.5, 0.6) is 0 Å². The first-order valence-corrected chi connectivity index (χ1v) is 10.2. The van der Waals surface area contributed by atoms with Gasteiger partial charge in [0.25, 0.3) is 0 Å². The van der Waals surface area contributed by atoms with Gasteiger partial charge in [0.1, 0.15) is 5.82 Å². The SMILES string of the molecule is CCCCC1CCC(c2ccc(/C=C/c3ccc(C)cc3)c(C)c2F)CO1. The second-order valence-corrected chi connectivity index (χ2v) is 7.80. The Morgan fingerprint density at radius 2 is 1.81 bits per heavy atom. The zero-order valence-electron chi connectivity index (χ0n) is 16.8. The van der Waals surface area contributed by atoms with Crippen LogP contribution in [0, 0.1) is 19.7 Å². The zero-order chi connectivity index (χ0) is 19.2. The van der Waals surface area contributed by atoms with Gasteiger partial charge in [0.05, 0.1) is 12.7 Å². The van der Waals surface area contributed by atoms with Crippen LogP contribution in [0.2, 0.25) is 0 Å². The standard InChI is InChI=1S/C25H31FO/c1-4-5-6-23-15-13-22(17-27-23)24-16-14-21(19(3)25(24)26)12-11-20-9-7-18(2)8-10-20/h7-12,14,16,22-23H,4-6,13,15,17H2,1-3H3/b12-11+. The topological polar surface area (TPSA) is 9.23 Å². The third kappa shape index (κ3) is 5.07. The molecule has 144 valence electrons. The molecular weight excluding hydrogens is 335 g/mol. The van der Waals surface area contributed by atoms with Crippen molar-refractivity contribution in [3.8, 4) is 0 Å². The first-order chi connectivity index (χ1) is 13.1. The van der Waals surface area contributed by atoms with Gasteiger partial charge in [-0.1, -0.05) is 73.9 Å². The van der Waals surface area contributed by atoms with Crippen molar-refractivity contribution < 1.29 is 9.13 Å². The summed E-state index contributed by atoms with van der Waals surface area (Å²) < 4.78 is 21.0. The van der Waals surface area contributed by atoms with Crippen molar-refractivity contribution in [2.75, 3.05) is 6.61 Å². The van der Waals surface area contributed by atoms with E-state index in [1.807, 2.05) is 31.2 Å². The van der Waals surface area contributed by atoms with Crippen molar-refractivity contribution in [2.45, 2.75) is 64.9 Å². The Hall–Kier alpha value is -1.93. The van der Waals surface area contributed by atoms with Gasteiger partial charge >= 0.3 is 0 Å². The number of benzene rings is 2. The largest absolute Gasteiger partial charge is 0.378 e. The molecule has 1 aliphatic rings. The number of rotatable bonds is 6. The van der Waals surface area contributed by atoms with Gasteiger partial charge in [-0.25, -0.2) is 4.39 Å². The first kappa shape index (κ1) is 19.8. The number of aryl methyl sites for hydroxylation is 1. The van der Waals surface area contributed by atoms with E-state index in [4.69, 9.17) is 4.74 Å². The average Bonchev–Trinajstić information content (AvgIpc) is 2.69. The third-order valence-electron chi connectivity index (χ3n) is 5.68. The summed E-state index contributed by atoms with van der Waals surface area (Å²) in [5.41, 5.74) is 4.85. The smallest absolute Gasteiger partial charge is 0.130 e. The highest BCUT2D eigenvalue weighted by Crippen LogP contribution is 2.33. The van der Waals surface area contributed by atoms with E-state index in [1.165, 1.54) is 18.4 Å². The fourth-order valence-corrected chi connectivity index (χ4v) is 3.79. The van der Waals surface area contributed by atoms with Crippen LogP contribution in [0.1, 0.15) is 72.8 Å². The maximum Gasteiger partial charge on any atom is 0.130 e. The Labute approximate surface area is 163 Å². The fourth-order valence-electron chi connectivity index (χ4n) is 3.79. The average molecular weight is 367 g/mol.